The van der Waals surface area contributed by atoms with Gasteiger partial charge in [0, 0.05) is 13.0 Å². The number of carboxylic acids is 1. The van der Waals surface area contributed by atoms with Crippen molar-refractivity contribution < 1.29 is 9.90 Å². The molecule has 0 aliphatic rings. The minimum Gasteiger partial charge on any atom is -0.481 e. The van der Waals surface area contributed by atoms with Crippen molar-refractivity contribution >= 4 is 28.9 Å². The summed E-state index contributed by atoms with van der Waals surface area (Å²) in [4.78, 5) is 11.3. The Kier molecular flexibility index (Phi) is 3.93. The molecule has 0 spiro atoms. The van der Waals surface area contributed by atoms with Gasteiger partial charge in [-0.25, -0.2) is 4.68 Å². The van der Waals surface area contributed by atoms with Crippen molar-refractivity contribution in [3.8, 4) is 10.7 Å². The van der Waals surface area contributed by atoms with Crippen molar-refractivity contribution in [2.75, 3.05) is 0 Å². The van der Waals surface area contributed by atoms with Crippen LogP contribution >= 0.6 is 22.9 Å². The largest absolute Gasteiger partial charge is 0.481 e. The number of tetrazole rings is 1. The van der Waals surface area contributed by atoms with Gasteiger partial charge in [-0.3, -0.25) is 4.79 Å². The van der Waals surface area contributed by atoms with Crippen LogP contribution in [0.2, 0.25) is 5.02 Å². The Hall–Kier alpha value is -1.47. The van der Waals surface area contributed by atoms with Gasteiger partial charge in [0.1, 0.15) is 0 Å². The molecule has 18 heavy (non-hydrogen) atoms. The highest BCUT2D eigenvalue weighted by atomic mass is 35.5. The molecule has 0 amide bonds. The molecule has 2 heterocycles. The quantitative estimate of drug-likeness (QED) is 0.911. The van der Waals surface area contributed by atoms with E-state index in [0.717, 1.165) is 10.4 Å². The zero-order chi connectivity index (χ0) is 13.1. The van der Waals surface area contributed by atoms with Gasteiger partial charge in [0.15, 0.2) is 5.82 Å². The number of thiophene rings is 1. The van der Waals surface area contributed by atoms with Gasteiger partial charge in [0.25, 0.3) is 0 Å². The van der Waals surface area contributed by atoms with Crippen LogP contribution in [0, 0.1) is 6.92 Å². The van der Waals surface area contributed by atoms with E-state index in [1.165, 1.54) is 11.3 Å². The minimum atomic E-state index is -0.824. The number of aryl methyl sites for hydroxylation is 2. The molecule has 0 saturated carbocycles. The van der Waals surface area contributed by atoms with E-state index in [1.807, 2.05) is 12.3 Å². The maximum atomic E-state index is 10.5. The highest BCUT2D eigenvalue weighted by molar-refractivity contribution is 7.14. The van der Waals surface area contributed by atoms with Crippen LogP contribution in [-0.2, 0) is 11.3 Å². The summed E-state index contributed by atoms with van der Waals surface area (Å²) >= 11 is 7.64. The molecule has 0 radical (unpaired) electrons. The molecule has 0 aliphatic carbocycles. The maximum absolute atomic E-state index is 10.5. The van der Waals surface area contributed by atoms with Crippen molar-refractivity contribution in [1.82, 2.24) is 20.2 Å². The Morgan fingerprint density at radius 1 is 1.61 bits per heavy atom. The molecule has 0 unspecified atom stereocenters. The highest BCUT2D eigenvalue weighted by Crippen LogP contribution is 2.34. The van der Waals surface area contributed by atoms with Crippen molar-refractivity contribution in [3.63, 3.8) is 0 Å². The molecule has 0 saturated heterocycles. The second kappa shape index (κ2) is 5.45. The third-order valence-electron chi connectivity index (χ3n) is 2.39. The average Bonchev–Trinajstić information content (AvgIpc) is 2.88. The number of nitrogens with zero attached hydrogens (tertiary/aromatic N) is 4. The molecule has 1 N–H and O–H groups in total. The Balaban J connectivity index is 2.17. The number of aliphatic carboxylic acids is 1. The molecule has 0 bridgehead atoms. The Labute approximate surface area is 112 Å². The van der Waals surface area contributed by atoms with Crippen molar-refractivity contribution in [2.45, 2.75) is 26.3 Å². The monoisotopic (exact) mass is 286 g/mol. The van der Waals surface area contributed by atoms with Crippen molar-refractivity contribution in [1.29, 1.82) is 0 Å². The van der Waals surface area contributed by atoms with E-state index in [0.29, 0.717) is 23.8 Å². The van der Waals surface area contributed by atoms with Crippen LogP contribution in [0.15, 0.2) is 5.38 Å². The lowest BCUT2D eigenvalue weighted by Crippen LogP contribution is -2.05. The normalized spacial score (nSPS) is 10.8. The molecule has 0 atom stereocenters. The first-order valence-corrected chi connectivity index (χ1v) is 6.57. The van der Waals surface area contributed by atoms with Gasteiger partial charge >= 0.3 is 5.97 Å². The summed E-state index contributed by atoms with van der Waals surface area (Å²) in [7, 11) is 0. The zero-order valence-electron chi connectivity index (χ0n) is 9.63. The second-order valence-corrected chi connectivity index (χ2v) is 5.04. The lowest BCUT2D eigenvalue weighted by atomic mass is 10.3. The number of hydrogen-bond acceptors (Lipinski definition) is 5. The number of hydrogen-bond donors (Lipinski definition) is 1. The standard InChI is InChI=1S/C10H11ClN4O2S/c1-6-5-18-9(8(6)11)10-12-13-14-15(10)4-2-3-7(16)17/h5H,2-4H2,1H3,(H,16,17). The van der Waals surface area contributed by atoms with Crippen LogP contribution in [0.25, 0.3) is 10.7 Å². The fourth-order valence-corrected chi connectivity index (χ4v) is 2.74. The van der Waals surface area contributed by atoms with Crippen LogP contribution in [0.4, 0.5) is 0 Å². The predicted octanol–water partition coefficient (Wildman–Crippen LogP) is 2.23. The van der Waals surface area contributed by atoms with E-state index in [4.69, 9.17) is 16.7 Å². The van der Waals surface area contributed by atoms with E-state index in [9.17, 15) is 4.79 Å². The van der Waals surface area contributed by atoms with Gasteiger partial charge in [-0.1, -0.05) is 11.6 Å². The summed E-state index contributed by atoms with van der Waals surface area (Å²) in [6, 6.07) is 0. The zero-order valence-corrected chi connectivity index (χ0v) is 11.2. The minimum absolute atomic E-state index is 0.0938. The first kappa shape index (κ1) is 13.0. The molecule has 6 nitrogen and oxygen atoms in total. The molecule has 0 fully saturated rings. The third kappa shape index (κ3) is 2.68. The van der Waals surface area contributed by atoms with Crippen LogP contribution < -0.4 is 0 Å². The summed E-state index contributed by atoms with van der Waals surface area (Å²) in [5.74, 6) is -0.238. The first-order valence-electron chi connectivity index (χ1n) is 5.31. The number of aromatic nitrogens is 4. The van der Waals surface area contributed by atoms with E-state index in [-0.39, 0.29) is 6.42 Å². The Bertz CT molecular complexity index is 566. The molecule has 2 rings (SSSR count). The highest BCUT2D eigenvalue weighted by Gasteiger charge is 2.15. The van der Waals surface area contributed by atoms with Crippen LogP contribution in [0.3, 0.4) is 0 Å². The summed E-state index contributed by atoms with van der Waals surface area (Å²) in [6.45, 7) is 2.38. The second-order valence-electron chi connectivity index (χ2n) is 3.78. The lowest BCUT2D eigenvalue weighted by Gasteiger charge is -2.02. The number of carbonyl (C=O) groups is 1. The number of rotatable bonds is 5. The first-order chi connectivity index (χ1) is 8.59. The van der Waals surface area contributed by atoms with Crippen LogP contribution in [0.5, 0.6) is 0 Å². The Morgan fingerprint density at radius 3 is 3.00 bits per heavy atom. The fourth-order valence-electron chi connectivity index (χ4n) is 1.48. The van der Waals surface area contributed by atoms with Crippen LogP contribution in [0.1, 0.15) is 18.4 Å². The third-order valence-corrected chi connectivity index (χ3v) is 4.09. The van der Waals surface area contributed by atoms with Crippen molar-refractivity contribution in [2.24, 2.45) is 0 Å². The molecule has 2 aromatic rings. The fraction of sp³-hybridized carbons (Fsp3) is 0.400. The lowest BCUT2D eigenvalue weighted by molar-refractivity contribution is -0.137. The molecular formula is C10H11ClN4O2S. The number of carboxylic acid groups (broad SMARTS) is 1. The smallest absolute Gasteiger partial charge is 0.303 e. The predicted molar refractivity (Wildman–Crippen MR) is 67.7 cm³/mol. The topological polar surface area (TPSA) is 80.9 Å². The van der Waals surface area contributed by atoms with E-state index in [2.05, 4.69) is 15.5 Å². The molecule has 2 aromatic heterocycles. The van der Waals surface area contributed by atoms with Gasteiger partial charge in [0.2, 0.25) is 0 Å². The van der Waals surface area contributed by atoms with Gasteiger partial charge in [-0.05, 0) is 34.7 Å². The van der Waals surface area contributed by atoms with Gasteiger partial charge in [0.05, 0.1) is 9.90 Å². The summed E-state index contributed by atoms with van der Waals surface area (Å²) in [5, 5.41) is 22.6. The molecule has 96 valence electrons. The number of halogens is 1. The molecule has 0 aliphatic heterocycles. The molecule has 0 aromatic carbocycles. The molecular weight excluding hydrogens is 276 g/mol. The van der Waals surface area contributed by atoms with Gasteiger partial charge < -0.3 is 5.11 Å². The maximum Gasteiger partial charge on any atom is 0.303 e. The van der Waals surface area contributed by atoms with Gasteiger partial charge in [-0.2, -0.15) is 0 Å². The van der Waals surface area contributed by atoms with Gasteiger partial charge in [-0.15, -0.1) is 16.4 Å². The Morgan fingerprint density at radius 2 is 2.39 bits per heavy atom. The van der Waals surface area contributed by atoms with Crippen molar-refractivity contribution in [3.05, 3.63) is 16.0 Å². The summed E-state index contributed by atoms with van der Waals surface area (Å²) < 4.78 is 1.58. The van der Waals surface area contributed by atoms with E-state index >= 15 is 0 Å². The average molecular weight is 287 g/mol. The van der Waals surface area contributed by atoms with E-state index < -0.39 is 5.97 Å². The summed E-state index contributed by atoms with van der Waals surface area (Å²) in [5.41, 5.74) is 0.983. The SMILES string of the molecule is Cc1csc(-c2nnnn2CCCC(=O)O)c1Cl. The van der Waals surface area contributed by atoms with Crippen LogP contribution in [-0.4, -0.2) is 31.3 Å². The summed E-state index contributed by atoms with van der Waals surface area (Å²) in [6.07, 6.45) is 0.575. The molecule has 8 heteroatoms. The van der Waals surface area contributed by atoms with E-state index in [1.54, 1.807) is 4.68 Å².